The van der Waals surface area contributed by atoms with Crippen molar-refractivity contribution in [3.63, 3.8) is 0 Å². The number of hydrogen-bond donors (Lipinski definition) is 0. The summed E-state index contributed by atoms with van der Waals surface area (Å²) in [6.45, 7) is 0. The fraction of sp³-hybridized carbons (Fsp3) is 0.500. The first kappa shape index (κ1) is 6.24. The Morgan fingerprint density at radius 3 is 2.71 bits per heavy atom. The van der Waals surface area contributed by atoms with Gasteiger partial charge in [0.15, 0.2) is 0 Å². The number of nitriles is 1. The van der Waals surface area contributed by atoms with Crippen LogP contribution in [0.1, 0.15) is 0 Å². The van der Waals surface area contributed by atoms with E-state index < -0.39 is 4.92 Å². The molecule has 0 aliphatic carbocycles. The lowest BCUT2D eigenvalue weighted by molar-refractivity contribution is -0.456. The summed E-state index contributed by atoms with van der Waals surface area (Å²) in [5, 5.41) is 18.7. The Labute approximate surface area is 44.3 Å². The Morgan fingerprint density at radius 1 is 2.00 bits per heavy atom. The van der Waals surface area contributed by atoms with Crippen LogP contribution in [0.15, 0.2) is 0 Å². The van der Waals surface area contributed by atoms with E-state index in [4.69, 9.17) is 5.26 Å². The van der Waals surface area contributed by atoms with Gasteiger partial charge in [0.05, 0.1) is 0 Å². The summed E-state index contributed by atoms with van der Waals surface area (Å²) >= 11 is 0.623. The summed E-state index contributed by atoms with van der Waals surface area (Å²) in [4.78, 5) is 8.84. The van der Waals surface area contributed by atoms with Crippen molar-refractivity contribution >= 4 is 11.8 Å². The van der Waals surface area contributed by atoms with E-state index in [2.05, 4.69) is 0 Å². The summed E-state index contributed by atoms with van der Waals surface area (Å²) in [5.74, 6) is -0.323. The van der Waals surface area contributed by atoms with Gasteiger partial charge in [0.1, 0.15) is 5.40 Å². The van der Waals surface area contributed by atoms with Gasteiger partial charge in [-0.25, -0.2) is 0 Å². The molecule has 0 saturated heterocycles. The summed E-state index contributed by atoms with van der Waals surface area (Å²) in [7, 11) is 0. The van der Waals surface area contributed by atoms with Gasteiger partial charge in [0.2, 0.25) is 0 Å². The normalized spacial score (nSPS) is 7.29. The zero-order chi connectivity index (χ0) is 5.70. The first-order valence-electron chi connectivity index (χ1n) is 1.40. The Kier molecular flexibility index (Phi) is 3.06. The van der Waals surface area contributed by atoms with E-state index in [0.717, 1.165) is 0 Å². The molecule has 0 rings (SSSR count). The molecule has 0 saturated carbocycles. The highest BCUT2D eigenvalue weighted by Gasteiger charge is 1.91. The van der Waals surface area contributed by atoms with Crippen molar-refractivity contribution in [1.29, 1.82) is 5.26 Å². The number of nitro groups is 1. The number of rotatable bonds is 2. The Hall–Kier alpha value is -0.760. The zero-order valence-electron chi connectivity index (χ0n) is 3.33. The highest BCUT2D eigenvalue weighted by Crippen LogP contribution is 1.92. The van der Waals surface area contributed by atoms with E-state index in [0.29, 0.717) is 11.8 Å². The molecule has 0 aliphatic rings. The molecule has 38 valence electrons. The molecule has 0 heterocycles. The second kappa shape index (κ2) is 3.43. The van der Waals surface area contributed by atoms with E-state index in [1.165, 1.54) is 0 Å². The molecule has 0 atom stereocenters. The third kappa shape index (κ3) is 5.24. The quantitative estimate of drug-likeness (QED) is 0.228. The highest BCUT2D eigenvalue weighted by molar-refractivity contribution is 8.03. The molecule has 0 aliphatic heterocycles. The topological polar surface area (TPSA) is 66.9 Å². The molecule has 0 unspecified atom stereocenters. The average molecular weight is 118 g/mol. The average Bonchev–Trinajstić information content (AvgIpc) is 1.61. The van der Waals surface area contributed by atoms with E-state index in [9.17, 15) is 10.1 Å². The lowest BCUT2D eigenvalue weighted by atomic mass is 11.5. The van der Waals surface area contributed by atoms with Gasteiger partial charge in [-0.2, -0.15) is 5.26 Å². The largest absolute Gasteiger partial charge is 0.264 e. The van der Waals surface area contributed by atoms with Crippen molar-refractivity contribution in [2.45, 2.75) is 0 Å². The van der Waals surface area contributed by atoms with E-state index in [1.807, 2.05) is 0 Å². The lowest BCUT2D eigenvalue weighted by Crippen LogP contribution is -1.92. The van der Waals surface area contributed by atoms with Crippen molar-refractivity contribution < 1.29 is 4.92 Å². The molecule has 0 spiro atoms. The van der Waals surface area contributed by atoms with Crippen LogP contribution in [0.2, 0.25) is 0 Å². The summed E-state index contributed by atoms with van der Waals surface area (Å²) < 4.78 is 0. The van der Waals surface area contributed by atoms with Crippen LogP contribution in [-0.4, -0.2) is 10.8 Å². The molecule has 7 heavy (non-hydrogen) atoms. The van der Waals surface area contributed by atoms with Crippen LogP contribution in [-0.2, 0) is 0 Å². The molecule has 0 amide bonds. The fourth-order valence-electron chi connectivity index (χ4n) is 0.0816. The number of nitrogens with zero attached hydrogens (tertiary/aromatic N) is 2. The molecular weight excluding hydrogens is 116 g/mol. The van der Waals surface area contributed by atoms with Crippen LogP contribution < -0.4 is 0 Å². The molecule has 0 radical (unpaired) electrons. The van der Waals surface area contributed by atoms with Crippen molar-refractivity contribution in [3.8, 4) is 5.40 Å². The Balaban J connectivity index is 3.02. The van der Waals surface area contributed by atoms with Gasteiger partial charge in [-0.1, -0.05) is 0 Å². The van der Waals surface area contributed by atoms with E-state index in [1.54, 1.807) is 5.40 Å². The minimum absolute atomic E-state index is 0.323. The van der Waals surface area contributed by atoms with Gasteiger partial charge in [-0.05, 0) is 0 Å². The minimum atomic E-state index is -0.548. The van der Waals surface area contributed by atoms with Crippen LogP contribution in [0.5, 0.6) is 0 Å². The van der Waals surface area contributed by atoms with E-state index >= 15 is 0 Å². The standard InChI is InChI=1S/C2H2N2O2S/c3-1-7-2-4(5)6/h2H2. The van der Waals surface area contributed by atoms with Crippen LogP contribution in [0, 0.1) is 20.8 Å². The van der Waals surface area contributed by atoms with Crippen molar-refractivity contribution in [3.05, 3.63) is 10.1 Å². The molecule has 0 aromatic heterocycles. The second-order valence-electron chi connectivity index (χ2n) is 0.697. The highest BCUT2D eigenvalue weighted by atomic mass is 32.2. The van der Waals surface area contributed by atoms with Crippen molar-refractivity contribution in [2.24, 2.45) is 0 Å². The van der Waals surface area contributed by atoms with Crippen LogP contribution in [0.25, 0.3) is 0 Å². The second-order valence-corrected chi connectivity index (χ2v) is 1.43. The van der Waals surface area contributed by atoms with Crippen LogP contribution in [0.4, 0.5) is 0 Å². The van der Waals surface area contributed by atoms with Gasteiger partial charge >= 0.3 is 0 Å². The number of hydrogen-bond acceptors (Lipinski definition) is 4. The number of thiocyanates is 1. The third-order valence-electron chi connectivity index (χ3n) is 0.235. The van der Waals surface area contributed by atoms with Crippen molar-refractivity contribution in [2.75, 3.05) is 5.88 Å². The maximum atomic E-state index is 9.39. The van der Waals surface area contributed by atoms with Gasteiger partial charge < -0.3 is 0 Å². The molecule has 0 N–H and O–H groups in total. The van der Waals surface area contributed by atoms with Gasteiger partial charge in [0.25, 0.3) is 5.88 Å². The van der Waals surface area contributed by atoms with Crippen LogP contribution in [0.3, 0.4) is 0 Å². The number of thioether (sulfide) groups is 1. The van der Waals surface area contributed by atoms with Gasteiger partial charge in [0, 0.05) is 16.7 Å². The molecule has 4 nitrogen and oxygen atoms in total. The van der Waals surface area contributed by atoms with Crippen LogP contribution >= 0.6 is 11.8 Å². The molecule has 0 aromatic carbocycles. The first-order chi connectivity index (χ1) is 3.27. The predicted molar refractivity (Wildman–Crippen MR) is 25.1 cm³/mol. The Morgan fingerprint density at radius 2 is 2.57 bits per heavy atom. The van der Waals surface area contributed by atoms with E-state index in [-0.39, 0.29) is 5.88 Å². The monoisotopic (exact) mass is 118 g/mol. The fourth-order valence-corrected chi connectivity index (χ4v) is 0.245. The molecule has 0 fully saturated rings. The Bertz CT molecular complexity index is 107. The zero-order valence-corrected chi connectivity index (χ0v) is 4.14. The lowest BCUT2D eigenvalue weighted by Gasteiger charge is -1.78. The maximum absolute atomic E-state index is 9.39. The third-order valence-corrected chi connectivity index (χ3v) is 0.704. The molecule has 5 heteroatoms. The van der Waals surface area contributed by atoms with Gasteiger partial charge in [-0.3, -0.25) is 10.1 Å². The summed E-state index contributed by atoms with van der Waals surface area (Å²) in [6, 6.07) is 0. The smallest absolute Gasteiger partial charge is 0.262 e. The maximum Gasteiger partial charge on any atom is 0.262 e. The molecular formula is C2H2N2O2S. The minimum Gasteiger partial charge on any atom is -0.264 e. The molecule has 0 aromatic rings. The molecule has 0 bridgehead atoms. The SMILES string of the molecule is N#CSC[N+](=O)[O-]. The summed E-state index contributed by atoms with van der Waals surface area (Å²) in [6.07, 6.45) is 0. The predicted octanol–water partition coefficient (Wildman–Crippen LogP) is 0.435. The first-order valence-corrected chi connectivity index (χ1v) is 2.38. The summed E-state index contributed by atoms with van der Waals surface area (Å²) in [5.41, 5.74) is 0. The van der Waals surface area contributed by atoms with Crippen molar-refractivity contribution in [1.82, 2.24) is 0 Å². The van der Waals surface area contributed by atoms with Gasteiger partial charge in [-0.15, -0.1) is 0 Å².